The SMILES string of the molecule is O=C(CCC(=O)OCCCc1ccccc1)NNC(=O)Cc1cccc2ccccc12. The summed E-state index contributed by atoms with van der Waals surface area (Å²) in [4.78, 5) is 35.8. The second-order valence-electron chi connectivity index (χ2n) is 7.22. The number of hydrazine groups is 1. The lowest BCUT2D eigenvalue weighted by atomic mass is 10.0. The molecule has 0 saturated carbocycles. The van der Waals surface area contributed by atoms with Gasteiger partial charge >= 0.3 is 5.97 Å². The Kier molecular flexibility index (Phi) is 8.17. The Morgan fingerprint density at radius 2 is 1.45 bits per heavy atom. The maximum atomic E-state index is 12.2. The van der Waals surface area contributed by atoms with Crippen molar-refractivity contribution in [2.75, 3.05) is 6.61 Å². The molecule has 0 aliphatic rings. The van der Waals surface area contributed by atoms with E-state index in [1.54, 1.807) is 0 Å². The Morgan fingerprint density at radius 1 is 0.742 bits per heavy atom. The topological polar surface area (TPSA) is 84.5 Å². The van der Waals surface area contributed by atoms with Crippen LogP contribution >= 0.6 is 0 Å². The highest BCUT2D eigenvalue weighted by Gasteiger charge is 2.11. The van der Waals surface area contributed by atoms with E-state index in [9.17, 15) is 14.4 Å². The van der Waals surface area contributed by atoms with Crippen molar-refractivity contribution in [3.8, 4) is 0 Å². The van der Waals surface area contributed by atoms with Crippen LogP contribution in [-0.4, -0.2) is 24.4 Å². The van der Waals surface area contributed by atoms with Crippen LogP contribution < -0.4 is 10.9 Å². The third-order valence-corrected chi connectivity index (χ3v) is 4.84. The largest absolute Gasteiger partial charge is 0.466 e. The van der Waals surface area contributed by atoms with Gasteiger partial charge in [0.25, 0.3) is 0 Å². The third-order valence-electron chi connectivity index (χ3n) is 4.84. The number of rotatable bonds is 9. The molecule has 0 atom stereocenters. The maximum absolute atomic E-state index is 12.2. The predicted molar refractivity (Wildman–Crippen MR) is 119 cm³/mol. The summed E-state index contributed by atoms with van der Waals surface area (Å²) in [5, 5.41) is 2.06. The van der Waals surface area contributed by atoms with Gasteiger partial charge in [0.2, 0.25) is 11.8 Å². The molecule has 0 radical (unpaired) electrons. The fraction of sp³-hybridized carbons (Fsp3) is 0.240. The van der Waals surface area contributed by atoms with Crippen LogP contribution in [0.2, 0.25) is 0 Å². The number of hydrogen-bond acceptors (Lipinski definition) is 4. The number of hydrogen-bond donors (Lipinski definition) is 2. The number of aryl methyl sites for hydroxylation is 1. The summed E-state index contributed by atoms with van der Waals surface area (Å²) < 4.78 is 5.15. The van der Waals surface area contributed by atoms with Crippen molar-refractivity contribution in [2.24, 2.45) is 0 Å². The van der Waals surface area contributed by atoms with Crippen molar-refractivity contribution in [1.29, 1.82) is 0 Å². The molecular weight excluding hydrogens is 392 g/mol. The fourth-order valence-corrected chi connectivity index (χ4v) is 3.26. The molecule has 0 spiro atoms. The molecule has 3 rings (SSSR count). The molecule has 0 unspecified atom stereocenters. The number of benzene rings is 3. The Bertz CT molecular complexity index is 1030. The monoisotopic (exact) mass is 418 g/mol. The van der Waals surface area contributed by atoms with Crippen molar-refractivity contribution < 1.29 is 19.1 Å². The van der Waals surface area contributed by atoms with E-state index < -0.39 is 11.9 Å². The Balaban J connectivity index is 1.31. The summed E-state index contributed by atoms with van der Waals surface area (Å²) >= 11 is 0. The average Bonchev–Trinajstić information content (AvgIpc) is 2.80. The Labute approximate surface area is 181 Å². The van der Waals surface area contributed by atoms with Crippen LogP contribution in [0.5, 0.6) is 0 Å². The minimum Gasteiger partial charge on any atom is -0.466 e. The van der Waals surface area contributed by atoms with Gasteiger partial charge in [0, 0.05) is 6.42 Å². The zero-order valence-electron chi connectivity index (χ0n) is 17.3. The smallest absolute Gasteiger partial charge is 0.306 e. The number of fused-ring (bicyclic) bond motifs is 1. The van der Waals surface area contributed by atoms with E-state index in [4.69, 9.17) is 4.74 Å². The number of carbonyl (C=O) groups is 3. The molecular formula is C25H26N2O4. The zero-order chi connectivity index (χ0) is 21.9. The van der Waals surface area contributed by atoms with Crippen LogP contribution in [0.25, 0.3) is 10.8 Å². The Morgan fingerprint density at radius 3 is 2.29 bits per heavy atom. The molecule has 0 aliphatic carbocycles. The van der Waals surface area contributed by atoms with E-state index >= 15 is 0 Å². The molecule has 0 saturated heterocycles. The molecule has 6 nitrogen and oxygen atoms in total. The quantitative estimate of drug-likeness (QED) is 0.317. The molecule has 0 aliphatic heterocycles. The third kappa shape index (κ3) is 7.26. The van der Waals surface area contributed by atoms with Gasteiger partial charge in [-0.15, -0.1) is 0 Å². The number of esters is 1. The van der Waals surface area contributed by atoms with E-state index in [0.717, 1.165) is 29.2 Å². The molecule has 3 aromatic rings. The maximum Gasteiger partial charge on any atom is 0.306 e. The first-order valence-electron chi connectivity index (χ1n) is 10.4. The van der Waals surface area contributed by atoms with E-state index in [2.05, 4.69) is 10.9 Å². The van der Waals surface area contributed by atoms with Crippen LogP contribution in [0.15, 0.2) is 72.8 Å². The Hall–Kier alpha value is -3.67. The van der Waals surface area contributed by atoms with Crippen molar-refractivity contribution in [3.63, 3.8) is 0 Å². The second-order valence-corrected chi connectivity index (χ2v) is 7.22. The van der Waals surface area contributed by atoms with E-state index in [1.807, 2.05) is 72.8 Å². The summed E-state index contributed by atoms with van der Waals surface area (Å²) in [5.74, 6) is -1.19. The summed E-state index contributed by atoms with van der Waals surface area (Å²) in [7, 11) is 0. The first-order valence-corrected chi connectivity index (χ1v) is 10.4. The number of ether oxygens (including phenoxy) is 1. The average molecular weight is 418 g/mol. The van der Waals surface area contributed by atoms with E-state index in [-0.39, 0.29) is 25.2 Å². The van der Waals surface area contributed by atoms with Gasteiger partial charge in [-0.05, 0) is 34.7 Å². The molecule has 2 N–H and O–H groups in total. The number of nitrogens with one attached hydrogen (secondary N) is 2. The molecule has 0 aromatic heterocycles. The summed E-state index contributed by atoms with van der Waals surface area (Å²) in [6.45, 7) is 0.317. The van der Waals surface area contributed by atoms with Gasteiger partial charge in [-0.3, -0.25) is 25.2 Å². The summed E-state index contributed by atoms with van der Waals surface area (Å²) in [6, 6.07) is 23.5. The lowest BCUT2D eigenvalue weighted by molar-refractivity contribution is -0.145. The molecule has 0 bridgehead atoms. The van der Waals surface area contributed by atoms with Gasteiger partial charge in [-0.1, -0.05) is 72.8 Å². The highest BCUT2D eigenvalue weighted by atomic mass is 16.5. The van der Waals surface area contributed by atoms with Crippen LogP contribution in [-0.2, 0) is 32.0 Å². The molecule has 6 heteroatoms. The van der Waals surface area contributed by atoms with Crippen LogP contribution in [0.1, 0.15) is 30.4 Å². The minimum atomic E-state index is -0.437. The van der Waals surface area contributed by atoms with Gasteiger partial charge in [-0.25, -0.2) is 0 Å². The van der Waals surface area contributed by atoms with Gasteiger partial charge in [0.05, 0.1) is 19.4 Å². The molecule has 160 valence electrons. The minimum absolute atomic E-state index is 0.0314. The first kappa shape index (κ1) is 22.0. The first-order chi connectivity index (χ1) is 15.1. The van der Waals surface area contributed by atoms with Gasteiger partial charge < -0.3 is 4.74 Å². The van der Waals surface area contributed by atoms with Crippen molar-refractivity contribution in [2.45, 2.75) is 32.1 Å². The molecule has 3 aromatic carbocycles. The predicted octanol–water partition coefficient (Wildman–Crippen LogP) is 3.49. The van der Waals surface area contributed by atoms with Crippen molar-refractivity contribution in [3.05, 3.63) is 83.9 Å². The van der Waals surface area contributed by atoms with Crippen LogP contribution in [0.4, 0.5) is 0 Å². The van der Waals surface area contributed by atoms with Gasteiger partial charge in [-0.2, -0.15) is 0 Å². The summed E-state index contributed by atoms with van der Waals surface area (Å²) in [5.41, 5.74) is 6.82. The van der Waals surface area contributed by atoms with Crippen molar-refractivity contribution in [1.82, 2.24) is 10.9 Å². The van der Waals surface area contributed by atoms with E-state index in [0.29, 0.717) is 6.61 Å². The number of carbonyl (C=O) groups excluding carboxylic acids is 3. The van der Waals surface area contributed by atoms with Crippen LogP contribution in [0, 0.1) is 0 Å². The normalized spacial score (nSPS) is 10.5. The standard InChI is InChI=1S/C25H26N2O4/c28-23(15-16-25(30)31-17-7-10-19-8-2-1-3-9-19)26-27-24(29)18-21-13-6-12-20-11-4-5-14-22(20)21/h1-6,8-9,11-14H,7,10,15-18H2,(H,26,28)(H,27,29). The summed E-state index contributed by atoms with van der Waals surface area (Å²) in [6.07, 6.45) is 1.62. The fourth-order valence-electron chi connectivity index (χ4n) is 3.26. The second kappa shape index (κ2) is 11.5. The van der Waals surface area contributed by atoms with Gasteiger partial charge in [0.15, 0.2) is 0 Å². The number of amides is 2. The highest BCUT2D eigenvalue weighted by Crippen LogP contribution is 2.18. The van der Waals surface area contributed by atoms with Crippen molar-refractivity contribution >= 4 is 28.6 Å². The van der Waals surface area contributed by atoms with Gasteiger partial charge in [0.1, 0.15) is 0 Å². The molecule has 0 fully saturated rings. The molecule has 31 heavy (non-hydrogen) atoms. The molecule has 0 heterocycles. The molecule has 2 amide bonds. The van der Waals surface area contributed by atoms with E-state index in [1.165, 1.54) is 5.56 Å². The van der Waals surface area contributed by atoms with Crippen LogP contribution in [0.3, 0.4) is 0 Å². The zero-order valence-corrected chi connectivity index (χ0v) is 17.3. The highest BCUT2D eigenvalue weighted by molar-refractivity contribution is 5.91. The lowest BCUT2D eigenvalue weighted by Gasteiger charge is -2.09. The lowest BCUT2D eigenvalue weighted by Crippen LogP contribution is -2.42.